The van der Waals surface area contributed by atoms with Crippen molar-refractivity contribution in [2.75, 3.05) is 0 Å². The second-order valence-corrected chi connectivity index (χ2v) is 2.92. The number of alkyl halides is 2. The molecule has 0 bridgehead atoms. The minimum atomic E-state index is -2.66. The molecule has 0 saturated carbocycles. The van der Waals surface area contributed by atoms with E-state index in [4.69, 9.17) is 5.73 Å². The van der Waals surface area contributed by atoms with Crippen molar-refractivity contribution in [3.05, 3.63) is 29.3 Å². The molecule has 0 radical (unpaired) electrons. The van der Waals surface area contributed by atoms with Gasteiger partial charge in [-0.05, 0) is 18.6 Å². The number of rotatable bonds is 2. The number of nitrogens with two attached hydrogens (primary N) is 1. The summed E-state index contributed by atoms with van der Waals surface area (Å²) in [5, 5.41) is 9.30. The number of hydrogen-bond donors (Lipinski definition) is 2. The van der Waals surface area contributed by atoms with E-state index >= 15 is 0 Å². The lowest BCUT2D eigenvalue weighted by molar-refractivity contribution is 0.115. The van der Waals surface area contributed by atoms with E-state index in [1.54, 1.807) is 13.0 Å². The summed E-state index contributed by atoms with van der Waals surface area (Å²) in [4.78, 5) is 0. The maximum absolute atomic E-state index is 12.2. The van der Waals surface area contributed by atoms with Crippen molar-refractivity contribution in [3.63, 3.8) is 0 Å². The highest BCUT2D eigenvalue weighted by molar-refractivity contribution is 5.85. The van der Waals surface area contributed by atoms with Crippen molar-refractivity contribution in [2.45, 2.75) is 19.4 Å². The summed E-state index contributed by atoms with van der Waals surface area (Å²) in [6, 6.07) is 3.05. The third-order valence-electron chi connectivity index (χ3n) is 1.82. The summed E-state index contributed by atoms with van der Waals surface area (Å²) < 4.78 is 24.3. The first-order valence-electron chi connectivity index (χ1n) is 3.85. The summed E-state index contributed by atoms with van der Waals surface area (Å²) >= 11 is 0. The van der Waals surface area contributed by atoms with Crippen LogP contribution in [0.5, 0.6) is 5.75 Å². The summed E-state index contributed by atoms with van der Waals surface area (Å²) in [6.45, 7) is 1.76. The van der Waals surface area contributed by atoms with Crippen LogP contribution in [0.25, 0.3) is 0 Å². The minimum Gasteiger partial charge on any atom is -0.508 e. The highest BCUT2D eigenvalue weighted by Gasteiger charge is 2.20. The van der Waals surface area contributed by atoms with Gasteiger partial charge in [0, 0.05) is 5.56 Å². The van der Waals surface area contributed by atoms with Crippen LogP contribution in [0, 0.1) is 6.92 Å². The molecule has 3 N–H and O–H groups in total. The lowest BCUT2D eigenvalue weighted by atomic mass is 10.1. The zero-order valence-electron chi connectivity index (χ0n) is 7.58. The van der Waals surface area contributed by atoms with E-state index in [1.807, 2.05) is 0 Å². The van der Waals surface area contributed by atoms with E-state index < -0.39 is 12.5 Å². The number of aromatic hydroxyl groups is 1. The van der Waals surface area contributed by atoms with E-state index in [-0.39, 0.29) is 23.7 Å². The average Bonchev–Trinajstić information content (AvgIpc) is 2.03. The Hall–Kier alpha value is -0.870. The molecule has 1 rings (SSSR count). The van der Waals surface area contributed by atoms with Gasteiger partial charge in [0.1, 0.15) is 5.75 Å². The van der Waals surface area contributed by atoms with E-state index in [2.05, 4.69) is 0 Å². The van der Waals surface area contributed by atoms with Crippen molar-refractivity contribution in [2.24, 2.45) is 5.73 Å². The van der Waals surface area contributed by atoms with Gasteiger partial charge in [-0.25, -0.2) is 8.78 Å². The zero-order chi connectivity index (χ0) is 10.0. The Labute approximate surface area is 87.1 Å². The van der Waals surface area contributed by atoms with Gasteiger partial charge in [-0.1, -0.05) is 12.1 Å². The third kappa shape index (κ3) is 2.82. The second kappa shape index (κ2) is 5.12. The van der Waals surface area contributed by atoms with Gasteiger partial charge < -0.3 is 10.8 Å². The fraction of sp³-hybridized carbons (Fsp3) is 0.333. The van der Waals surface area contributed by atoms with Gasteiger partial charge in [-0.15, -0.1) is 12.4 Å². The molecule has 2 nitrogen and oxygen atoms in total. The second-order valence-electron chi connectivity index (χ2n) is 2.92. The van der Waals surface area contributed by atoms with Gasteiger partial charge in [0.2, 0.25) is 0 Å². The number of hydrogen-bond acceptors (Lipinski definition) is 2. The van der Waals surface area contributed by atoms with Gasteiger partial charge in [-0.2, -0.15) is 0 Å². The highest BCUT2D eigenvalue weighted by Crippen LogP contribution is 2.27. The Morgan fingerprint density at radius 2 is 1.93 bits per heavy atom. The van der Waals surface area contributed by atoms with Crippen LogP contribution >= 0.6 is 12.4 Å². The van der Waals surface area contributed by atoms with Gasteiger partial charge in [0.05, 0.1) is 6.04 Å². The monoisotopic (exact) mass is 223 g/mol. The van der Waals surface area contributed by atoms with Crippen molar-refractivity contribution >= 4 is 12.4 Å². The SMILES string of the molecule is Cc1ccc([C@@H](N)C(F)F)c(O)c1.Cl. The molecule has 0 aromatic heterocycles. The molecule has 80 valence electrons. The molecule has 0 spiro atoms. The molecule has 0 amide bonds. The molecular formula is C9H12ClF2NO. The standard InChI is InChI=1S/C9H11F2NO.ClH/c1-5-2-3-6(7(13)4-5)8(12)9(10)11;/h2-4,8-9,13H,12H2,1H3;1H/t8-;/m1./s1. The van der Waals surface area contributed by atoms with Crippen LogP contribution in [0.1, 0.15) is 17.2 Å². The number of aryl methyl sites for hydroxylation is 1. The fourth-order valence-corrected chi connectivity index (χ4v) is 1.07. The van der Waals surface area contributed by atoms with Crippen molar-refractivity contribution in [3.8, 4) is 5.75 Å². The van der Waals surface area contributed by atoms with Crippen molar-refractivity contribution in [1.29, 1.82) is 0 Å². The van der Waals surface area contributed by atoms with Crippen LogP contribution in [0.15, 0.2) is 18.2 Å². The molecule has 0 aliphatic rings. The van der Waals surface area contributed by atoms with Gasteiger partial charge in [-0.3, -0.25) is 0 Å². The van der Waals surface area contributed by atoms with Crippen LogP contribution in [0.3, 0.4) is 0 Å². The Balaban J connectivity index is 0.00000169. The Bertz CT molecular complexity index is 307. The summed E-state index contributed by atoms with van der Waals surface area (Å²) in [6.07, 6.45) is -2.66. The van der Waals surface area contributed by atoms with E-state index in [0.29, 0.717) is 0 Å². The number of phenols is 1. The van der Waals surface area contributed by atoms with Crippen molar-refractivity contribution < 1.29 is 13.9 Å². The third-order valence-corrected chi connectivity index (χ3v) is 1.82. The van der Waals surface area contributed by atoms with Crippen LogP contribution in [0.4, 0.5) is 8.78 Å². The average molecular weight is 224 g/mol. The van der Waals surface area contributed by atoms with Crippen LogP contribution in [-0.4, -0.2) is 11.5 Å². The molecule has 0 aliphatic heterocycles. The van der Waals surface area contributed by atoms with E-state index in [9.17, 15) is 13.9 Å². The van der Waals surface area contributed by atoms with Gasteiger partial charge in [0.15, 0.2) is 0 Å². The lowest BCUT2D eigenvalue weighted by Crippen LogP contribution is -2.18. The fourth-order valence-electron chi connectivity index (χ4n) is 1.07. The topological polar surface area (TPSA) is 46.2 Å². The molecular weight excluding hydrogens is 212 g/mol. The van der Waals surface area contributed by atoms with Crippen LogP contribution in [-0.2, 0) is 0 Å². The maximum Gasteiger partial charge on any atom is 0.257 e. The predicted octanol–water partition coefficient (Wildman–Crippen LogP) is 2.39. The Morgan fingerprint density at radius 1 is 1.36 bits per heavy atom. The normalized spacial score (nSPS) is 12.4. The van der Waals surface area contributed by atoms with Crippen LogP contribution < -0.4 is 5.73 Å². The number of phenolic OH excluding ortho intramolecular Hbond substituents is 1. The molecule has 0 unspecified atom stereocenters. The molecule has 14 heavy (non-hydrogen) atoms. The van der Waals surface area contributed by atoms with Crippen LogP contribution in [0.2, 0.25) is 0 Å². The van der Waals surface area contributed by atoms with E-state index in [1.165, 1.54) is 12.1 Å². The number of halogens is 3. The molecule has 0 aliphatic carbocycles. The lowest BCUT2D eigenvalue weighted by Gasteiger charge is -2.12. The van der Waals surface area contributed by atoms with Gasteiger partial charge in [0.25, 0.3) is 6.43 Å². The molecule has 1 atom stereocenters. The summed E-state index contributed by atoms with van der Waals surface area (Å²) in [5.74, 6) is -0.173. The molecule has 1 aromatic rings. The predicted molar refractivity (Wildman–Crippen MR) is 53.0 cm³/mol. The molecule has 0 fully saturated rings. The first-order valence-corrected chi connectivity index (χ1v) is 3.85. The first-order chi connectivity index (χ1) is 6.02. The van der Waals surface area contributed by atoms with Gasteiger partial charge >= 0.3 is 0 Å². The molecule has 1 aromatic carbocycles. The highest BCUT2D eigenvalue weighted by atomic mass is 35.5. The first kappa shape index (κ1) is 13.1. The summed E-state index contributed by atoms with van der Waals surface area (Å²) in [7, 11) is 0. The molecule has 5 heteroatoms. The zero-order valence-corrected chi connectivity index (χ0v) is 8.39. The maximum atomic E-state index is 12.2. The quantitative estimate of drug-likeness (QED) is 0.809. The summed E-state index contributed by atoms with van der Waals surface area (Å²) in [5.41, 5.74) is 6.07. The minimum absolute atomic E-state index is 0. The molecule has 0 saturated heterocycles. The largest absolute Gasteiger partial charge is 0.508 e. The molecule has 0 heterocycles. The smallest absolute Gasteiger partial charge is 0.257 e. The van der Waals surface area contributed by atoms with Crippen molar-refractivity contribution in [1.82, 2.24) is 0 Å². The number of benzene rings is 1. The Kier molecular flexibility index (Phi) is 4.80. The van der Waals surface area contributed by atoms with E-state index in [0.717, 1.165) is 5.56 Å². The Morgan fingerprint density at radius 3 is 2.36 bits per heavy atom.